The van der Waals surface area contributed by atoms with Crippen LogP contribution < -0.4 is 5.32 Å². The van der Waals surface area contributed by atoms with Gasteiger partial charge in [-0.25, -0.2) is 4.98 Å². The zero-order valence-electron chi connectivity index (χ0n) is 13.5. The van der Waals surface area contributed by atoms with Crippen molar-refractivity contribution in [2.24, 2.45) is 0 Å². The molecule has 0 fully saturated rings. The Balaban J connectivity index is 1.86. The van der Waals surface area contributed by atoms with Crippen molar-refractivity contribution >= 4 is 17.3 Å². The van der Waals surface area contributed by atoms with Gasteiger partial charge < -0.3 is 15.0 Å². The van der Waals surface area contributed by atoms with Crippen LogP contribution in [0.4, 0.5) is 5.69 Å². The van der Waals surface area contributed by atoms with Gasteiger partial charge in [-0.3, -0.25) is 0 Å². The van der Waals surface area contributed by atoms with Crippen LogP contribution in [0.15, 0.2) is 60.9 Å². The van der Waals surface area contributed by atoms with E-state index < -0.39 is 6.10 Å². The Morgan fingerprint density at radius 2 is 2.00 bits per heavy atom. The molecule has 0 aliphatic heterocycles. The number of halogens is 1. The number of aliphatic hydroxyl groups is 1. The van der Waals surface area contributed by atoms with Gasteiger partial charge in [0, 0.05) is 35.2 Å². The van der Waals surface area contributed by atoms with Crippen molar-refractivity contribution in [2.45, 2.75) is 26.1 Å². The van der Waals surface area contributed by atoms with Gasteiger partial charge in [0.25, 0.3) is 0 Å². The van der Waals surface area contributed by atoms with Crippen LogP contribution in [-0.2, 0) is 13.1 Å². The number of aliphatic hydroxyl groups excluding tert-OH is 1. The van der Waals surface area contributed by atoms with Gasteiger partial charge in [-0.15, -0.1) is 0 Å². The van der Waals surface area contributed by atoms with Gasteiger partial charge in [0.2, 0.25) is 0 Å². The molecule has 2 aromatic carbocycles. The van der Waals surface area contributed by atoms with Crippen molar-refractivity contribution in [3.8, 4) is 0 Å². The number of hydrogen-bond acceptors (Lipinski definition) is 3. The Kier molecular flexibility index (Phi) is 5.18. The predicted octanol–water partition coefficient (Wildman–Crippen LogP) is 4.25. The zero-order valence-corrected chi connectivity index (χ0v) is 14.2. The highest BCUT2D eigenvalue weighted by molar-refractivity contribution is 6.30. The summed E-state index contributed by atoms with van der Waals surface area (Å²) in [7, 11) is 0. The first-order valence-electron chi connectivity index (χ1n) is 7.95. The molecule has 0 aliphatic carbocycles. The fourth-order valence-corrected chi connectivity index (χ4v) is 2.89. The Morgan fingerprint density at radius 1 is 1.21 bits per heavy atom. The largest absolute Gasteiger partial charge is 0.384 e. The third-order valence-electron chi connectivity index (χ3n) is 4.00. The molecule has 0 saturated heterocycles. The topological polar surface area (TPSA) is 50.1 Å². The molecule has 0 saturated carbocycles. The lowest BCUT2D eigenvalue weighted by Gasteiger charge is -2.18. The SMILES string of the molecule is CCn1ccnc1CNc1ccc(Cl)cc1[C@@H](O)c1ccccc1. The molecule has 0 unspecified atom stereocenters. The lowest BCUT2D eigenvalue weighted by Crippen LogP contribution is -2.10. The smallest absolute Gasteiger partial charge is 0.128 e. The maximum Gasteiger partial charge on any atom is 0.128 e. The van der Waals surface area contributed by atoms with E-state index in [9.17, 15) is 5.11 Å². The normalized spacial score (nSPS) is 12.1. The molecule has 24 heavy (non-hydrogen) atoms. The molecule has 0 amide bonds. The van der Waals surface area contributed by atoms with Crippen molar-refractivity contribution < 1.29 is 5.11 Å². The molecule has 4 nitrogen and oxygen atoms in total. The summed E-state index contributed by atoms with van der Waals surface area (Å²) in [5.74, 6) is 0.951. The Labute approximate surface area is 146 Å². The molecule has 2 N–H and O–H groups in total. The summed E-state index contributed by atoms with van der Waals surface area (Å²) < 4.78 is 2.08. The van der Waals surface area contributed by atoms with E-state index in [1.807, 2.05) is 48.7 Å². The summed E-state index contributed by atoms with van der Waals surface area (Å²) in [5, 5.41) is 14.7. The van der Waals surface area contributed by atoms with Crippen LogP contribution in [0, 0.1) is 0 Å². The molecule has 1 heterocycles. The number of anilines is 1. The Morgan fingerprint density at radius 3 is 2.75 bits per heavy atom. The molecule has 0 radical (unpaired) electrons. The van der Waals surface area contributed by atoms with Gasteiger partial charge in [0.05, 0.1) is 6.54 Å². The van der Waals surface area contributed by atoms with E-state index in [2.05, 4.69) is 21.8 Å². The second kappa shape index (κ2) is 7.51. The maximum atomic E-state index is 10.7. The minimum Gasteiger partial charge on any atom is -0.384 e. The van der Waals surface area contributed by atoms with Crippen LogP contribution in [0.2, 0.25) is 5.02 Å². The second-order valence-corrected chi connectivity index (χ2v) is 5.96. The maximum absolute atomic E-state index is 10.7. The number of nitrogens with one attached hydrogen (secondary N) is 1. The average molecular weight is 342 g/mol. The van der Waals surface area contributed by atoms with Crippen LogP contribution in [0.25, 0.3) is 0 Å². The summed E-state index contributed by atoms with van der Waals surface area (Å²) in [4.78, 5) is 4.36. The van der Waals surface area contributed by atoms with Crippen molar-refractivity contribution in [3.05, 3.63) is 82.9 Å². The van der Waals surface area contributed by atoms with Crippen molar-refractivity contribution in [2.75, 3.05) is 5.32 Å². The highest BCUT2D eigenvalue weighted by Gasteiger charge is 2.15. The summed E-state index contributed by atoms with van der Waals surface area (Å²) >= 11 is 6.14. The summed E-state index contributed by atoms with van der Waals surface area (Å²) in [6, 6.07) is 15.1. The van der Waals surface area contributed by atoms with E-state index in [0.717, 1.165) is 29.2 Å². The molecule has 1 atom stereocenters. The van der Waals surface area contributed by atoms with Crippen LogP contribution in [-0.4, -0.2) is 14.7 Å². The predicted molar refractivity (Wildman–Crippen MR) is 97.2 cm³/mol. The third kappa shape index (κ3) is 3.61. The molecule has 0 bridgehead atoms. The third-order valence-corrected chi connectivity index (χ3v) is 4.24. The van der Waals surface area contributed by atoms with Gasteiger partial charge >= 0.3 is 0 Å². The van der Waals surface area contributed by atoms with Gasteiger partial charge in [0.1, 0.15) is 11.9 Å². The van der Waals surface area contributed by atoms with Crippen LogP contribution >= 0.6 is 11.6 Å². The Bertz CT molecular complexity index is 801. The fraction of sp³-hybridized carbons (Fsp3) is 0.211. The lowest BCUT2D eigenvalue weighted by atomic mass is 10.00. The quantitative estimate of drug-likeness (QED) is 0.704. The van der Waals surface area contributed by atoms with Crippen LogP contribution in [0.1, 0.15) is 30.0 Å². The number of hydrogen-bond donors (Lipinski definition) is 2. The average Bonchev–Trinajstić information content (AvgIpc) is 3.08. The van der Waals surface area contributed by atoms with Gasteiger partial charge in [-0.1, -0.05) is 41.9 Å². The van der Waals surface area contributed by atoms with E-state index in [-0.39, 0.29) is 0 Å². The zero-order chi connectivity index (χ0) is 16.9. The first-order valence-corrected chi connectivity index (χ1v) is 8.33. The number of imidazole rings is 1. The highest BCUT2D eigenvalue weighted by Crippen LogP contribution is 2.31. The van der Waals surface area contributed by atoms with Crippen molar-refractivity contribution in [1.29, 1.82) is 0 Å². The summed E-state index contributed by atoms with van der Waals surface area (Å²) in [5.41, 5.74) is 2.43. The molecule has 3 aromatic rings. The molecular formula is C19H20ClN3O. The summed E-state index contributed by atoms with van der Waals surface area (Å²) in [6.07, 6.45) is 3.01. The molecule has 0 aliphatic rings. The van der Waals surface area contributed by atoms with Gasteiger partial charge in [0.15, 0.2) is 0 Å². The first kappa shape index (κ1) is 16.6. The minimum atomic E-state index is -0.738. The van der Waals surface area contributed by atoms with Gasteiger partial charge in [-0.05, 0) is 30.7 Å². The standard InChI is InChI=1S/C19H20ClN3O/c1-2-23-11-10-21-18(23)13-22-17-9-8-15(20)12-16(17)19(24)14-6-4-3-5-7-14/h3-12,19,22,24H,2,13H2,1H3/t19-/m0/s1. The van der Waals surface area contributed by atoms with Crippen molar-refractivity contribution in [1.82, 2.24) is 9.55 Å². The van der Waals surface area contributed by atoms with Crippen LogP contribution in [0.3, 0.4) is 0 Å². The number of nitrogens with zero attached hydrogens (tertiary/aromatic N) is 2. The Hall–Kier alpha value is -2.30. The number of aryl methyl sites for hydroxylation is 1. The van der Waals surface area contributed by atoms with E-state index >= 15 is 0 Å². The minimum absolute atomic E-state index is 0.580. The summed E-state index contributed by atoms with van der Waals surface area (Å²) in [6.45, 7) is 3.53. The highest BCUT2D eigenvalue weighted by atomic mass is 35.5. The molecule has 1 aromatic heterocycles. The van der Waals surface area contributed by atoms with E-state index in [1.165, 1.54) is 0 Å². The van der Waals surface area contributed by atoms with E-state index in [0.29, 0.717) is 11.6 Å². The first-order chi connectivity index (χ1) is 11.7. The molecule has 124 valence electrons. The monoisotopic (exact) mass is 341 g/mol. The van der Waals surface area contributed by atoms with Crippen LogP contribution in [0.5, 0.6) is 0 Å². The number of benzene rings is 2. The number of aromatic nitrogens is 2. The lowest BCUT2D eigenvalue weighted by molar-refractivity contribution is 0.221. The van der Waals surface area contributed by atoms with Crippen molar-refractivity contribution in [3.63, 3.8) is 0 Å². The fourth-order valence-electron chi connectivity index (χ4n) is 2.71. The second-order valence-electron chi connectivity index (χ2n) is 5.53. The molecular weight excluding hydrogens is 322 g/mol. The van der Waals surface area contributed by atoms with E-state index in [1.54, 1.807) is 12.3 Å². The number of rotatable bonds is 6. The van der Waals surface area contributed by atoms with Gasteiger partial charge in [-0.2, -0.15) is 0 Å². The van der Waals surface area contributed by atoms with E-state index in [4.69, 9.17) is 11.6 Å². The molecule has 3 rings (SSSR count). The molecule has 5 heteroatoms. The molecule has 0 spiro atoms.